The number of carbonyl (C=O) groups excluding carboxylic acids is 2. The molecule has 2 aromatic rings. The minimum absolute atomic E-state index is 0.00124. The average molecular weight is 452 g/mol. The minimum Gasteiger partial charge on any atom is -0.487 e. The molecule has 8 nitrogen and oxygen atoms in total. The molecule has 1 saturated carbocycles. The molecule has 1 aliphatic carbocycles. The summed E-state index contributed by atoms with van der Waals surface area (Å²) in [5, 5.41) is 16.0. The van der Waals surface area contributed by atoms with Gasteiger partial charge in [0.15, 0.2) is 0 Å². The standard InChI is InChI=1S/C25H29N3O5/c29-14-22-24-20(11-18(32-22)12-23(30)27-16-5-1-2-6-16)19-10-17(7-8-21(19)33-24)28-25(31)15-4-3-9-26-13-15/h3-4,7-10,13,16,18,20,22,24,29H,1-2,5-6,11-12,14H2,(H,27,30)(H,28,31)/t18-,20-,22-,24+/m1/s1. The quantitative estimate of drug-likeness (QED) is 0.623. The van der Waals surface area contributed by atoms with Crippen LogP contribution in [0.4, 0.5) is 5.69 Å². The van der Waals surface area contributed by atoms with Crippen molar-refractivity contribution in [2.24, 2.45) is 0 Å². The Hall–Kier alpha value is -2.97. The van der Waals surface area contributed by atoms with Gasteiger partial charge in [-0.05, 0) is 49.6 Å². The van der Waals surface area contributed by atoms with Crippen molar-refractivity contribution in [3.63, 3.8) is 0 Å². The predicted octanol–water partition coefficient (Wildman–Crippen LogP) is 2.78. The number of rotatable bonds is 6. The lowest BCUT2D eigenvalue weighted by Crippen LogP contribution is -2.47. The van der Waals surface area contributed by atoms with Gasteiger partial charge in [-0.2, -0.15) is 0 Å². The number of ether oxygens (including phenoxy) is 2. The van der Waals surface area contributed by atoms with E-state index in [0.717, 1.165) is 37.0 Å². The first-order valence-corrected chi connectivity index (χ1v) is 11.7. The SMILES string of the molecule is O=C(C[C@H]1C[C@@H]2c3cc(NC(=O)c4cccnc4)ccc3O[C@@H]2[C@@H](CO)O1)NC1CCCC1. The number of nitrogens with zero attached hydrogens (tertiary/aromatic N) is 1. The number of nitrogens with one attached hydrogen (secondary N) is 2. The number of hydrogen-bond acceptors (Lipinski definition) is 6. The summed E-state index contributed by atoms with van der Waals surface area (Å²) in [7, 11) is 0. The molecular formula is C25H29N3O5. The monoisotopic (exact) mass is 451 g/mol. The van der Waals surface area contributed by atoms with Crippen LogP contribution in [-0.4, -0.2) is 52.9 Å². The van der Waals surface area contributed by atoms with Crippen molar-refractivity contribution < 1.29 is 24.2 Å². The maximum atomic E-state index is 12.6. The number of aromatic nitrogens is 1. The van der Waals surface area contributed by atoms with E-state index in [4.69, 9.17) is 9.47 Å². The molecule has 2 fully saturated rings. The molecule has 1 aromatic carbocycles. The number of benzene rings is 1. The fourth-order valence-corrected chi connectivity index (χ4v) is 5.23. The Morgan fingerprint density at radius 3 is 2.79 bits per heavy atom. The fraction of sp³-hybridized carbons (Fsp3) is 0.480. The zero-order chi connectivity index (χ0) is 22.8. The molecule has 5 rings (SSSR count). The Kier molecular flexibility index (Phi) is 6.28. The van der Waals surface area contributed by atoms with Crippen molar-refractivity contribution in [1.82, 2.24) is 10.3 Å². The van der Waals surface area contributed by atoms with E-state index in [9.17, 15) is 14.7 Å². The van der Waals surface area contributed by atoms with Gasteiger partial charge in [0.2, 0.25) is 5.91 Å². The fourth-order valence-electron chi connectivity index (χ4n) is 5.23. The van der Waals surface area contributed by atoms with Crippen LogP contribution in [0.5, 0.6) is 5.75 Å². The number of aliphatic hydroxyl groups excluding tert-OH is 1. The van der Waals surface area contributed by atoms with Gasteiger partial charge in [0, 0.05) is 35.6 Å². The van der Waals surface area contributed by atoms with Crippen molar-refractivity contribution in [1.29, 1.82) is 0 Å². The number of amides is 2. The molecule has 4 atom stereocenters. The van der Waals surface area contributed by atoms with Crippen LogP contribution < -0.4 is 15.4 Å². The van der Waals surface area contributed by atoms with Crippen LogP contribution in [0.15, 0.2) is 42.7 Å². The lowest BCUT2D eigenvalue weighted by Gasteiger charge is -2.37. The van der Waals surface area contributed by atoms with Crippen molar-refractivity contribution in [3.8, 4) is 5.75 Å². The van der Waals surface area contributed by atoms with Gasteiger partial charge in [0.25, 0.3) is 5.91 Å². The average Bonchev–Trinajstić information content (AvgIpc) is 3.46. The van der Waals surface area contributed by atoms with E-state index >= 15 is 0 Å². The molecule has 3 N–H and O–H groups in total. The van der Waals surface area contributed by atoms with Crippen molar-refractivity contribution in [2.75, 3.05) is 11.9 Å². The van der Waals surface area contributed by atoms with E-state index in [1.807, 2.05) is 12.1 Å². The highest BCUT2D eigenvalue weighted by molar-refractivity contribution is 6.04. The molecule has 0 bridgehead atoms. The van der Waals surface area contributed by atoms with Gasteiger partial charge >= 0.3 is 0 Å². The Bertz CT molecular complexity index is 1010. The Labute approximate surface area is 192 Å². The molecule has 0 spiro atoms. The molecule has 174 valence electrons. The number of hydrogen-bond donors (Lipinski definition) is 3. The summed E-state index contributed by atoms with van der Waals surface area (Å²) in [6.07, 6.45) is 7.31. The molecule has 1 saturated heterocycles. The number of aliphatic hydroxyl groups is 1. The van der Waals surface area contributed by atoms with E-state index in [0.29, 0.717) is 17.7 Å². The van der Waals surface area contributed by atoms with Gasteiger partial charge < -0.3 is 25.2 Å². The molecular weight excluding hydrogens is 422 g/mol. The highest BCUT2D eigenvalue weighted by Gasteiger charge is 2.46. The van der Waals surface area contributed by atoms with Crippen molar-refractivity contribution in [2.45, 2.75) is 68.8 Å². The van der Waals surface area contributed by atoms with E-state index in [2.05, 4.69) is 15.6 Å². The molecule has 2 aliphatic heterocycles. The van der Waals surface area contributed by atoms with Crippen molar-refractivity contribution in [3.05, 3.63) is 53.9 Å². The van der Waals surface area contributed by atoms with Gasteiger partial charge in [0.05, 0.1) is 24.7 Å². The zero-order valence-electron chi connectivity index (χ0n) is 18.4. The first-order valence-electron chi connectivity index (χ1n) is 11.7. The predicted molar refractivity (Wildman–Crippen MR) is 121 cm³/mol. The van der Waals surface area contributed by atoms with Gasteiger partial charge in [-0.15, -0.1) is 0 Å². The summed E-state index contributed by atoms with van der Waals surface area (Å²) in [6.45, 7) is -0.180. The maximum Gasteiger partial charge on any atom is 0.257 e. The Morgan fingerprint density at radius 2 is 2.03 bits per heavy atom. The summed E-state index contributed by atoms with van der Waals surface area (Å²) in [5.74, 6) is 0.465. The Morgan fingerprint density at radius 1 is 1.18 bits per heavy atom. The molecule has 33 heavy (non-hydrogen) atoms. The van der Waals surface area contributed by atoms with Crippen LogP contribution in [0.25, 0.3) is 0 Å². The van der Waals surface area contributed by atoms with Gasteiger partial charge in [0.1, 0.15) is 18.0 Å². The van der Waals surface area contributed by atoms with Crippen LogP contribution in [0.3, 0.4) is 0 Å². The number of fused-ring (bicyclic) bond motifs is 3. The minimum atomic E-state index is -0.506. The number of carbonyl (C=O) groups is 2. The molecule has 0 radical (unpaired) electrons. The maximum absolute atomic E-state index is 12.6. The second-order valence-corrected chi connectivity index (χ2v) is 9.11. The van der Waals surface area contributed by atoms with E-state index in [-0.39, 0.29) is 49.0 Å². The molecule has 3 heterocycles. The first-order chi connectivity index (χ1) is 16.1. The highest BCUT2D eigenvalue weighted by atomic mass is 16.6. The molecule has 3 aliphatic rings. The zero-order valence-corrected chi connectivity index (χ0v) is 18.4. The van der Waals surface area contributed by atoms with Crippen LogP contribution >= 0.6 is 0 Å². The second kappa shape index (κ2) is 9.49. The summed E-state index contributed by atoms with van der Waals surface area (Å²) >= 11 is 0. The molecule has 2 amide bonds. The number of pyridine rings is 1. The van der Waals surface area contributed by atoms with E-state index in [1.54, 1.807) is 24.4 Å². The van der Waals surface area contributed by atoms with E-state index < -0.39 is 6.10 Å². The van der Waals surface area contributed by atoms with E-state index in [1.165, 1.54) is 6.20 Å². The second-order valence-electron chi connectivity index (χ2n) is 9.11. The Balaban J connectivity index is 1.29. The molecule has 1 aromatic heterocycles. The van der Waals surface area contributed by atoms with Crippen molar-refractivity contribution >= 4 is 17.5 Å². The van der Waals surface area contributed by atoms with Gasteiger partial charge in [-0.1, -0.05) is 12.8 Å². The third kappa shape index (κ3) is 4.72. The topological polar surface area (TPSA) is 110 Å². The smallest absolute Gasteiger partial charge is 0.257 e. The molecule has 8 heteroatoms. The van der Waals surface area contributed by atoms with Crippen LogP contribution in [0.1, 0.15) is 60.4 Å². The van der Waals surface area contributed by atoms with Crippen LogP contribution in [0.2, 0.25) is 0 Å². The summed E-state index contributed by atoms with van der Waals surface area (Å²) < 4.78 is 12.2. The highest BCUT2D eigenvalue weighted by Crippen LogP contribution is 2.47. The van der Waals surface area contributed by atoms with Crippen LogP contribution in [0, 0.1) is 0 Å². The first kappa shape index (κ1) is 21.9. The lowest BCUT2D eigenvalue weighted by atomic mass is 9.84. The normalized spacial score (nSPS) is 26.2. The lowest BCUT2D eigenvalue weighted by molar-refractivity contribution is -0.142. The number of anilines is 1. The summed E-state index contributed by atoms with van der Waals surface area (Å²) in [4.78, 5) is 29.1. The molecule has 0 unspecified atom stereocenters. The summed E-state index contributed by atoms with van der Waals surface area (Å²) in [6, 6.07) is 9.25. The largest absolute Gasteiger partial charge is 0.487 e. The summed E-state index contributed by atoms with van der Waals surface area (Å²) in [5.41, 5.74) is 2.10. The van der Waals surface area contributed by atoms with Gasteiger partial charge in [-0.25, -0.2) is 0 Å². The third-order valence-electron chi connectivity index (χ3n) is 6.81. The van der Waals surface area contributed by atoms with Gasteiger partial charge in [-0.3, -0.25) is 14.6 Å². The third-order valence-corrected chi connectivity index (χ3v) is 6.81. The van der Waals surface area contributed by atoms with Crippen LogP contribution in [-0.2, 0) is 9.53 Å².